The minimum atomic E-state index is -2.31. The third kappa shape index (κ3) is 5.53. The van der Waals surface area contributed by atoms with Gasteiger partial charge in [0, 0.05) is 62.3 Å². The van der Waals surface area contributed by atoms with Crippen LogP contribution in [0.1, 0.15) is 50.1 Å². The fraction of sp³-hybridized carbons (Fsp3) is 0.607. The van der Waals surface area contributed by atoms with Gasteiger partial charge in [-0.2, -0.15) is 4.98 Å². The highest BCUT2D eigenvalue weighted by Crippen LogP contribution is 2.33. The van der Waals surface area contributed by atoms with Gasteiger partial charge in [-0.1, -0.05) is 12.1 Å². The second-order valence-electron chi connectivity index (χ2n) is 11.2. The van der Waals surface area contributed by atoms with Gasteiger partial charge in [0.15, 0.2) is 0 Å². The van der Waals surface area contributed by atoms with Crippen molar-refractivity contribution in [2.24, 2.45) is 5.92 Å². The summed E-state index contributed by atoms with van der Waals surface area (Å²) in [5.41, 5.74) is 1.63. The molecular formula is C28H36F2N6O2. The summed E-state index contributed by atoms with van der Waals surface area (Å²) in [4.78, 5) is 27.5. The van der Waals surface area contributed by atoms with E-state index in [2.05, 4.69) is 15.2 Å². The van der Waals surface area contributed by atoms with Crippen LogP contribution in [-0.2, 0) is 6.54 Å². The molecule has 0 unspecified atom stereocenters. The van der Waals surface area contributed by atoms with Gasteiger partial charge in [0.25, 0.3) is 12.0 Å². The minimum absolute atomic E-state index is 0.0180. The summed E-state index contributed by atoms with van der Waals surface area (Å²) in [7, 11) is 0. The number of halogens is 2. The van der Waals surface area contributed by atoms with Crippen molar-refractivity contribution in [1.29, 1.82) is 0 Å². The van der Waals surface area contributed by atoms with Crippen LogP contribution in [0.5, 0.6) is 0 Å². The predicted octanol–water partition coefficient (Wildman–Crippen LogP) is 3.63. The number of benzene rings is 1. The molecule has 1 aromatic carbocycles. The first-order valence-electron chi connectivity index (χ1n) is 13.9. The van der Waals surface area contributed by atoms with Crippen molar-refractivity contribution in [3.05, 3.63) is 40.3 Å². The third-order valence-electron chi connectivity index (χ3n) is 8.36. The molecule has 0 radical (unpaired) electrons. The molecule has 6 rings (SSSR count). The number of pyridine rings is 1. The van der Waals surface area contributed by atoms with Gasteiger partial charge in [0.1, 0.15) is 5.65 Å². The molecule has 1 saturated heterocycles. The molecule has 8 nitrogen and oxygen atoms in total. The number of rotatable bonds is 8. The lowest BCUT2D eigenvalue weighted by Crippen LogP contribution is -2.47. The maximum absolute atomic E-state index is 14.0. The first kappa shape index (κ1) is 25.6. The molecule has 2 aliphatic carbocycles. The van der Waals surface area contributed by atoms with Crippen LogP contribution in [-0.4, -0.2) is 81.2 Å². The fourth-order valence-electron chi connectivity index (χ4n) is 5.96. The number of fused-ring (bicyclic) bond motifs is 3. The van der Waals surface area contributed by atoms with E-state index in [1.54, 1.807) is 4.90 Å². The minimum Gasteiger partial charge on any atom is -0.393 e. The molecule has 3 aromatic rings. The molecule has 3 aliphatic rings. The number of alkyl halides is 2. The van der Waals surface area contributed by atoms with E-state index in [1.807, 2.05) is 29.0 Å². The Kier molecular flexibility index (Phi) is 7.29. The van der Waals surface area contributed by atoms with E-state index < -0.39 is 6.43 Å². The monoisotopic (exact) mass is 526 g/mol. The number of anilines is 1. The van der Waals surface area contributed by atoms with Gasteiger partial charge in [-0.15, -0.1) is 0 Å². The van der Waals surface area contributed by atoms with Gasteiger partial charge >= 0.3 is 0 Å². The molecule has 3 heterocycles. The smallest absolute Gasteiger partial charge is 0.260 e. The molecule has 10 heteroatoms. The van der Waals surface area contributed by atoms with Crippen LogP contribution in [0, 0.1) is 5.92 Å². The summed E-state index contributed by atoms with van der Waals surface area (Å²) in [5, 5.41) is 15.8. The average molecular weight is 527 g/mol. The van der Waals surface area contributed by atoms with Gasteiger partial charge in [0.05, 0.1) is 12.6 Å². The van der Waals surface area contributed by atoms with E-state index >= 15 is 0 Å². The topological polar surface area (TPSA) is 86.5 Å². The van der Waals surface area contributed by atoms with Crippen molar-refractivity contribution >= 4 is 27.8 Å². The highest BCUT2D eigenvalue weighted by Gasteiger charge is 2.26. The van der Waals surface area contributed by atoms with Gasteiger partial charge in [-0.05, 0) is 61.5 Å². The van der Waals surface area contributed by atoms with E-state index in [4.69, 9.17) is 4.98 Å². The molecule has 0 atom stereocenters. The number of aliphatic hydroxyl groups is 1. The van der Waals surface area contributed by atoms with E-state index in [0.29, 0.717) is 55.4 Å². The van der Waals surface area contributed by atoms with Crippen LogP contribution < -0.4 is 10.9 Å². The van der Waals surface area contributed by atoms with Gasteiger partial charge in [-0.25, -0.2) is 13.8 Å². The Morgan fingerprint density at radius 1 is 0.974 bits per heavy atom. The molecule has 1 aliphatic heterocycles. The molecule has 2 N–H and O–H groups in total. The van der Waals surface area contributed by atoms with Crippen LogP contribution in [0.3, 0.4) is 0 Å². The maximum atomic E-state index is 14.0. The van der Waals surface area contributed by atoms with Crippen molar-refractivity contribution < 1.29 is 13.9 Å². The van der Waals surface area contributed by atoms with Crippen molar-refractivity contribution in [3.63, 3.8) is 0 Å². The summed E-state index contributed by atoms with van der Waals surface area (Å²) in [5.74, 6) is 1.23. The van der Waals surface area contributed by atoms with Crippen molar-refractivity contribution in [2.75, 3.05) is 44.6 Å². The van der Waals surface area contributed by atoms with Gasteiger partial charge in [0.2, 0.25) is 5.95 Å². The number of hydrogen-bond donors (Lipinski definition) is 2. The lowest BCUT2D eigenvalue weighted by atomic mass is 9.92. The second kappa shape index (κ2) is 10.8. The Morgan fingerprint density at radius 3 is 2.42 bits per heavy atom. The Bertz CT molecular complexity index is 1340. The SMILES string of the molecule is O=c1c2cc(CN3CCN(CC(F)F)CC3)ccc2c2cnc(NCC3CC3)nc2n1[C@H]1CC[C@H](O)CC1. The molecule has 3 fully saturated rings. The number of piperazine rings is 1. The highest BCUT2D eigenvalue weighted by atomic mass is 19.3. The number of nitrogens with one attached hydrogen (secondary N) is 1. The lowest BCUT2D eigenvalue weighted by molar-refractivity contribution is 0.0543. The summed E-state index contributed by atoms with van der Waals surface area (Å²) < 4.78 is 27.3. The van der Waals surface area contributed by atoms with E-state index in [0.717, 1.165) is 48.8 Å². The van der Waals surface area contributed by atoms with Crippen molar-refractivity contribution in [3.8, 4) is 0 Å². The average Bonchev–Trinajstić information content (AvgIpc) is 3.74. The molecule has 0 amide bonds. The van der Waals surface area contributed by atoms with Crippen LogP contribution in [0.2, 0.25) is 0 Å². The quantitative estimate of drug-likeness (QED) is 0.434. The van der Waals surface area contributed by atoms with E-state index in [-0.39, 0.29) is 24.2 Å². The molecule has 38 heavy (non-hydrogen) atoms. The molecule has 2 aromatic heterocycles. The first-order chi connectivity index (χ1) is 18.4. The summed E-state index contributed by atoms with van der Waals surface area (Å²) in [6, 6.07) is 6.01. The van der Waals surface area contributed by atoms with Crippen LogP contribution in [0.25, 0.3) is 21.8 Å². The third-order valence-corrected chi connectivity index (χ3v) is 8.36. The zero-order valence-electron chi connectivity index (χ0n) is 21.7. The summed E-state index contributed by atoms with van der Waals surface area (Å²) in [6.45, 7) is 4.04. The highest BCUT2D eigenvalue weighted by molar-refractivity contribution is 6.04. The van der Waals surface area contributed by atoms with Crippen molar-refractivity contribution in [1.82, 2.24) is 24.3 Å². The zero-order valence-corrected chi connectivity index (χ0v) is 21.7. The molecule has 0 bridgehead atoms. The first-order valence-corrected chi connectivity index (χ1v) is 13.9. The number of aromatic nitrogens is 3. The Morgan fingerprint density at radius 2 is 1.71 bits per heavy atom. The Hall–Kier alpha value is -2.69. The van der Waals surface area contributed by atoms with Crippen LogP contribution >= 0.6 is 0 Å². The standard InChI is InChI=1S/C28H36F2N6O2/c29-25(30)17-35-11-9-34(10-12-35)16-19-3-8-22-23(13-19)27(38)36(20-4-6-21(37)7-5-20)26-24(22)15-32-28(33-26)31-14-18-1-2-18/h3,8,13,15,18,20-21,25,37H,1-2,4-7,9-12,14,16-17H2,(H,31,32,33)/t20-,21-. The predicted molar refractivity (Wildman–Crippen MR) is 144 cm³/mol. The number of nitrogens with zero attached hydrogens (tertiary/aromatic N) is 5. The maximum Gasteiger partial charge on any atom is 0.260 e. The summed E-state index contributed by atoms with van der Waals surface area (Å²) >= 11 is 0. The van der Waals surface area contributed by atoms with Crippen LogP contribution in [0.4, 0.5) is 14.7 Å². The fourth-order valence-corrected chi connectivity index (χ4v) is 5.96. The molecular weight excluding hydrogens is 490 g/mol. The summed E-state index contributed by atoms with van der Waals surface area (Å²) in [6.07, 6.45) is 4.49. The molecule has 204 valence electrons. The molecule has 2 saturated carbocycles. The zero-order chi connectivity index (χ0) is 26.2. The largest absolute Gasteiger partial charge is 0.393 e. The van der Waals surface area contributed by atoms with Gasteiger partial charge < -0.3 is 10.4 Å². The lowest BCUT2D eigenvalue weighted by Gasteiger charge is -2.34. The Labute approximate surface area is 220 Å². The number of aliphatic hydroxyl groups excluding tert-OH is 1. The van der Waals surface area contributed by atoms with E-state index in [1.165, 1.54) is 12.8 Å². The normalized spacial score (nSPS) is 23.5. The number of hydrogen-bond acceptors (Lipinski definition) is 7. The second-order valence-corrected chi connectivity index (χ2v) is 11.2. The van der Waals surface area contributed by atoms with Crippen molar-refractivity contribution in [2.45, 2.75) is 63.6 Å². The Balaban J connectivity index is 1.33. The van der Waals surface area contributed by atoms with Crippen LogP contribution in [0.15, 0.2) is 29.2 Å². The molecule has 0 spiro atoms. The van der Waals surface area contributed by atoms with E-state index in [9.17, 15) is 18.7 Å². The van der Waals surface area contributed by atoms with Gasteiger partial charge in [-0.3, -0.25) is 19.2 Å².